The first-order valence-corrected chi connectivity index (χ1v) is 6.48. The zero-order chi connectivity index (χ0) is 13.0. The van der Waals surface area contributed by atoms with Crippen LogP contribution in [0.25, 0.3) is 0 Å². The Bertz CT molecular complexity index is 531. The predicted molar refractivity (Wildman–Crippen MR) is 73.6 cm³/mol. The number of hydrogen-bond donors (Lipinski definition) is 1. The van der Waals surface area contributed by atoms with Gasteiger partial charge in [-0.15, -0.1) is 0 Å². The van der Waals surface area contributed by atoms with Crippen LogP contribution < -0.4 is 4.74 Å². The van der Waals surface area contributed by atoms with E-state index in [2.05, 4.69) is 20.9 Å². The highest BCUT2D eigenvalue weighted by atomic mass is 79.9. The number of halogens is 2. The van der Waals surface area contributed by atoms with Crippen molar-refractivity contribution < 1.29 is 9.84 Å². The van der Waals surface area contributed by atoms with Crippen molar-refractivity contribution in [1.29, 1.82) is 0 Å². The number of hydrogen-bond acceptors (Lipinski definition) is 3. The lowest BCUT2D eigenvalue weighted by molar-refractivity contribution is 0.275. The zero-order valence-corrected chi connectivity index (χ0v) is 11.8. The molecule has 1 aromatic carbocycles. The number of aliphatic hydroxyl groups excluding tert-OH is 1. The quantitative estimate of drug-likeness (QED) is 0.933. The molecule has 0 spiro atoms. The summed E-state index contributed by atoms with van der Waals surface area (Å²) >= 11 is 9.22. The van der Waals surface area contributed by atoms with Gasteiger partial charge < -0.3 is 9.84 Å². The first-order chi connectivity index (χ1) is 8.69. The molecule has 94 valence electrons. The van der Waals surface area contributed by atoms with Crippen molar-refractivity contribution in [2.75, 3.05) is 0 Å². The molecule has 2 rings (SSSR count). The molecule has 5 heteroatoms. The first-order valence-electron chi connectivity index (χ1n) is 5.31. The van der Waals surface area contributed by atoms with Crippen LogP contribution in [0.2, 0.25) is 5.02 Å². The maximum Gasteiger partial charge on any atom is 0.213 e. The van der Waals surface area contributed by atoms with Gasteiger partial charge in [0.05, 0.1) is 11.6 Å². The molecule has 0 unspecified atom stereocenters. The van der Waals surface area contributed by atoms with Crippen molar-refractivity contribution in [3.05, 3.63) is 57.2 Å². The molecule has 1 aromatic heterocycles. The van der Waals surface area contributed by atoms with Crippen molar-refractivity contribution in [3.63, 3.8) is 0 Å². The minimum atomic E-state index is -0.129. The standard InChI is InChI=1S/C13H11BrClNO2/c14-11-3-1-9(2-4-11)8-18-13-5-10(7-17)12(15)6-16-13/h1-6,17H,7-8H2. The van der Waals surface area contributed by atoms with E-state index in [9.17, 15) is 0 Å². The van der Waals surface area contributed by atoms with E-state index in [4.69, 9.17) is 21.4 Å². The normalized spacial score (nSPS) is 10.4. The maximum absolute atomic E-state index is 9.09. The summed E-state index contributed by atoms with van der Waals surface area (Å²) in [6.45, 7) is 0.294. The summed E-state index contributed by atoms with van der Waals surface area (Å²) < 4.78 is 6.56. The molecular formula is C13H11BrClNO2. The van der Waals surface area contributed by atoms with Gasteiger partial charge in [0.1, 0.15) is 6.61 Å². The Labute approximate surface area is 119 Å². The molecule has 0 aliphatic carbocycles. The lowest BCUT2D eigenvalue weighted by Gasteiger charge is -2.07. The van der Waals surface area contributed by atoms with E-state index in [0.717, 1.165) is 10.0 Å². The Morgan fingerprint density at radius 2 is 2.00 bits per heavy atom. The van der Waals surface area contributed by atoms with Crippen molar-refractivity contribution in [1.82, 2.24) is 4.98 Å². The number of benzene rings is 1. The molecule has 0 fully saturated rings. The van der Waals surface area contributed by atoms with Crippen molar-refractivity contribution in [3.8, 4) is 5.88 Å². The molecule has 0 bridgehead atoms. The molecule has 0 aliphatic rings. The van der Waals surface area contributed by atoms with Gasteiger partial charge in [0.2, 0.25) is 5.88 Å². The third kappa shape index (κ3) is 3.45. The van der Waals surface area contributed by atoms with Gasteiger partial charge in [0.15, 0.2) is 0 Å². The third-order valence-corrected chi connectivity index (χ3v) is 3.25. The van der Waals surface area contributed by atoms with Gasteiger partial charge in [0.25, 0.3) is 0 Å². The van der Waals surface area contributed by atoms with E-state index < -0.39 is 0 Å². The molecule has 0 saturated carbocycles. The second-order valence-electron chi connectivity index (χ2n) is 3.69. The fourth-order valence-electron chi connectivity index (χ4n) is 1.40. The summed E-state index contributed by atoms with van der Waals surface area (Å²) in [6.07, 6.45) is 1.48. The molecule has 0 atom stereocenters. The molecule has 0 saturated heterocycles. The van der Waals surface area contributed by atoms with Crippen molar-refractivity contribution >= 4 is 27.5 Å². The molecular weight excluding hydrogens is 318 g/mol. The molecule has 1 N–H and O–H groups in total. The summed E-state index contributed by atoms with van der Waals surface area (Å²) in [7, 11) is 0. The molecule has 18 heavy (non-hydrogen) atoms. The second-order valence-corrected chi connectivity index (χ2v) is 5.01. The van der Waals surface area contributed by atoms with E-state index in [1.165, 1.54) is 6.20 Å². The number of rotatable bonds is 4. The van der Waals surface area contributed by atoms with Gasteiger partial charge in [-0.25, -0.2) is 4.98 Å². The van der Waals surface area contributed by atoms with Crippen LogP contribution in [-0.2, 0) is 13.2 Å². The summed E-state index contributed by atoms with van der Waals surface area (Å²) in [4.78, 5) is 4.04. The lowest BCUT2D eigenvalue weighted by Crippen LogP contribution is -1.98. The molecule has 0 radical (unpaired) electrons. The van der Waals surface area contributed by atoms with Crippen LogP contribution in [0.5, 0.6) is 5.88 Å². The zero-order valence-electron chi connectivity index (χ0n) is 9.44. The largest absolute Gasteiger partial charge is 0.473 e. The van der Waals surface area contributed by atoms with E-state index in [1.807, 2.05) is 24.3 Å². The molecule has 2 aromatic rings. The average Bonchev–Trinajstić information content (AvgIpc) is 2.39. The monoisotopic (exact) mass is 327 g/mol. The molecule has 3 nitrogen and oxygen atoms in total. The van der Waals surface area contributed by atoms with Gasteiger partial charge in [-0.3, -0.25) is 0 Å². The lowest BCUT2D eigenvalue weighted by atomic mass is 10.2. The van der Waals surface area contributed by atoms with Crippen LogP contribution >= 0.6 is 27.5 Å². The Morgan fingerprint density at radius 3 is 2.67 bits per heavy atom. The van der Waals surface area contributed by atoms with Crippen LogP contribution in [0.3, 0.4) is 0 Å². The SMILES string of the molecule is OCc1cc(OCc2ccc(Br)cc2)ncc1Cl. The predicted octanol–water partition coefficient (Wildman–Crippen LogP) is 3.57. The highest BCUT2D eigenvalue weighted by Gasteiger charge is 2.03. The number of ether oxygens (including phenoxy) is 1. The molecule has 0 aliphatic heterocycles. The topological polar surface area (TPSA) is 42.4 Å². The summed E-state index contributed by atoms with van der Waals surface area (Å²) in [5.41, 5.74) is 1.65. The Morgan fingerprint density at radius 1 is 1.28 bits per heavy atom. The fourth-order valence-corrected chi connectivity index (χ4v) is 1.82. The highest BCUT2D eigenvalue weighted by molar-refractivity contribution is 9.10. The van der Waals surface area contributed by atoms with Crippen LogP contribution in [0.4, 0.5) is 0 Å². The Kier molecular flexibility index (Phi) is 4.58. The minimum absolute atomic E-state index is 0.129. The van der Waals surface area contributed by atoms with Crippen molar-refractivity contribution in [2.24, 2.45) is 0 Å². The van der Waals surface area contributed by atoms with Crippen LogP contribution in [0, 0.1) is 0 Å². The number of pyridine rings is 1. The first kappa shape index (κ1) is 13.3. The van der Waals surface area contributed by atoms with Gasteiger partial charge in [-0.2, -0.15) is 0 Å². The second kappa shape index (κ2) is 6.18. The van der Waals surface area contributed by atoms with Crippen LogP contribution in [-0.4, -0.2) is 10.1 Å². The van der Waals surface area contributed by atoms with Crippen molar-refractivity contribution in [2.45, 2.75) is 13.2 Å². The summed E-state index contributed by atoms with van der Waals surface area (Å²) in [5, 5.41) is 9.52. The number of aromatic nitrogens is 1. The van der Waals surface area contributed by atoms with Crippen LogP contribution in [0.15, 0.2) is 41.0 Å². The number of aliphatic hydroxyl groups is 1. The Balaban J connectivity index is 2.04. The van der Waals surface area contributed by atoms with Gasteiger partial charge in [-0.05, 0) is 17.7 Å². The minimum Gasteiger partial charge on any atom is -0.473 e. The van der Waals surface area contributed by atoms with E-state index in [-0.39, 0.29) is 6.61 Å². The summed E-state index contributed by atoms with van der Waals surface area (Å²) in [5.74, 6) is 0.450. The summed E-state index contributed by atoms with van der Waals surface area (Å²) in [6, 6.07) is 9.47. The van der Waals surface area contributed by atoms with E-state index >= 15 is 0 Å². The van der Waals surface area contributed by atoms with Crippen LogP contribution in [0.1, 0.15) is 11.1 Å². The fraction of sp³-hybridized carbons (Fsp3) is 0.154. The third-order valence-electron chi connectivity index (χ3n) is 2.38. The van der Waals surface area contributed by atoms with Gasteiger partial charge in [-0.1, -0.05) is 39.7 Å². The van der Waals surface area contributed by atoms with Gasteiger partial charge in [0, 0.05) is 22.3 Å². The van der Waals surface area contributed by atoms with E-state index in [0.29, 0.717) is 23.1 Å². The molecule has 1 heterocycles. The van der Waals surface area contributed by atoms with E-state index in [1.54, 1.807) is 6.07 Å². The maximum atomic E-state index is 9.09. The van der Waals surface area contributed by atoms with Gasteiger partial charge >= 0.3 is 0 Å². The highest BCUT2D eigenvalue weighted by Crippen LogP contribution is 2.20. The smallest absolute Gasteiger partial charge is 0.213 e. The number of nitrogens with zero attached hydrogens (tertiary/aromatic N) is 1. The average molecular weight is 329 g/mol. The Hall–Kier alpha value is -1.10. The molecule has 0 amide bonds.